The van der Waals surface area contributed by atoms with E-state index >= 15 is 0 Å². The number of amides is 1. The molecule has 0 unspecified atom stereocenters. The number of anilines is 1. The first kappa shape index (κ1) is 19.9. The molecule has 2 aromatic heterocycles. The molecule has 0 aliphatic heterocycles. The second kappa shape index (κ2) is 8.96. The number of carbonyl (C=O) groups excluding carboxylic acids is 1. The summed E-state index contributed by atoms with van der Waals surface area (Å²) in [5.41, 5.74) is 2.51. The molecule has 0 aliphatic rings. The number of aromatic nitrogens is 3. The zero-order valence-electron chi connectivity index (χ0n) is 16.2. The maximum absolute atomic E-state index is 12.8. The van der Waals surface area contributed by atoms with Crippen molar-refractivity contribution in [2.75, 3.05) is 5.32 Å². The number of halogens is 1. The van der Waals surface area contributed by atoms with E-state index in [1.807, 2.05) is 65.5 Å². The molecule has 0 radical (unpaired) electrons. The molecule has 7 nitrogen and oxygen atoms in total. The molecule has 2 aromatic carbocycles. The third-order valence-corrected chi connectivity index (χ3v) is 4.87. The Hall–Kier alpha value is -3.39. The van der Waals surface area contributed by atoms with Gasteiger partial charge in [-0.05, 0) is 52.7 Å². The first-order valence-electron chi connectivity index (χ1n) is 9.30. The summed E-state index contributed by atoms with van der Waals surface area (Å²) in [5, 5.41) is 11.1. The van der Waals surface area contributed by atoms with Gasteiger partial charge in [-0.1, -0.05) is 35.5 Å². The van der Waals surface area contributed by atoms with Crippen molar-refractivity contribution in [1.82, 2.24) is 14.9 Å². The van der Waals surface area contributed by atoms with Crippen LogP contribution in [0.4, 0.5) is 5.69 Å². The number of hydrogen-bond acceptors (Lipinski definition) is 5. The highest BCUT2D eigenvalue weighted by atomic mass is 79.9. The van der Waals surface area contributed by atoms with Crippen LogP contribution in [0.2, 0.25) is 0 Å². The van der Waals surface area contributed by atoms with E-state index in [0.29, 0.717) is 29.3 Å². The van der Waals surface area contributed by atoms with E-state index < -0.39 is 0 Å². The molecule has 0 atom stereocenters. The van der Waals surface area contributed by atoms with Crippen LogP contribution >= 0.6 is 15.9 Å². The van der Waals surface area contributed by atoms with E-state index in [9.17, 15) is 4.79 Å². The Labute approximate surface area is 181 Å². The number of nitrogens with one attached hydrogen (secondary N) is 1. The van der Waals surface area contributed by atoms with Gasteiger partial charge in [0.1, 0.15) is 18.1 Å². The molecule has 1 amide bonds. The number of carbonyl (C=O) groups is 1. The van der Waals surface area contributed by atoms with Gasteiger partial charge >= 0.3 is 0 Å². The average Bonchev–Trinajstić information content (AvgIpc) is 3.32. The minimum absolute atomic E-state index is 0.191. The Morgan fingerprint density at radius 1 is 1.20 bits per heavy atom. The predicted octanol–water partition coefficient (Wildman–Crippen LogP) is 4.82. The van der Waals surface area contributed by atoms with E-state index in [1.165, 1.54) is 0 Å². The quantitative estimate of drug-likeness (QED) is 0.422. The van der Waals surface area contributed by atoms with Crippen LogP contribution in [0.1, 0.15) is 27.4 Å². The number of para-hydroxylation sites is 1. The number of aryl methyl sites for hydroxylation is 1. The SMILES string of the molecule is Cc1onc(C(=O)Nc2cccc(Cn3cc(Br)cn3)c2)c1COc1ccccc1. The Balaban J connectivity index is 1.46. The number of rotatable bonds is 7. The van der Waals surface area contributed by atoms with Crippen LogP contribution in [0.15, 0.2) is 76.0 Å². The maximum Gasteiger partial charge on any atom is 0.278 e. The van der Waals surface area contributed by atoms with E-state index in [4.69, 9.17) is 9.26 Å². The van der Waals surface area contributed by atoms with Gasteiger partial charge in [-0.15, -0.1) is 0 Å². The lowest BCUT2D eigenvalue weighted by Gasteiger charge is -2.09. The first-order valence-corrected chi connectivity index (χ1v) is 10.1. The molecule has 0 bridgehead atoms. The third-order valence-electron chi connectivity index (χ3n) is 4.46. The van der Waals surface area contributed by atoms with E-state index in [2.05, 4.69) is 31.5 Å². The van der Waals surface area contributed by atoms with Crippen LogP contribution in [-0.2, 0) is 13.2 Å². The minimum Gasteiger partial charge on any atom is -0.489 e. The number of nitrogens with zero attached hydrogens (tertiary/aromatic N) is 3. The molecular weight excluding hydrogens is 448 g/mol. The van der Waals surface area contributed by atoms with E-state index in [-0.39, 0.29) is 18.2 Å². The zero-order chi connectivity index (χ0) is 20.9. The summed E-state index contributed by atoms with van der Waals surface area (Å²) in [6, 6.07) is 17.0. The van der Waals surface area contributed by atoms with Crippen molar-refractivity contribution in [3.05, 3.63) is 94.0 Å². The smallest absolute Gasteiger partial charge is 0.278 e. The fraction of sp³-hybridized carbons (Fsp3) is 0.136. The van der Waals surface area contributed by atoms with Gasteiger partial charge in [-0.3, -0.25) is 9.48 Å². The molecule has 1 N–H and O–H groups in total. The topological polar surface area (TPSA) is 82.2 Å². The minimum atomic E-state index is -0.350. The molecule has 8 heteroatoms. The van der Waals surface area contributed by atoms with Crippen molar-refractivity contribution < 1.29 is 14.1 Å². The van der Waals surface area contributed by atoms with Gasteiger partial charge in [0.15, 0.2) is 5.69 Å². The number of ether oxygens (including phenoxy) is 1. The average molecular weight is 467 g/mol. The van der Waals surface area contributed by atoms with Gasteiger partial charge in [-0.25, -0.2) is 0 Å². The molecule has 4 rings (SSSR count). The second-order valence-corrected chi connectivity index (χ2v) is 7.59. The lowest BCUT2D eigenvalue weighted by atomic mass is 10.1. The summed E-state index contributed by atoms with van der Waals surface area (Å²) >= 11 is 3.39. The highest BCUT2D eigenvalue weighted by Gasteiger charge is 2.20. The van der Waals surface area contributed by atoms with Crippen LogP contribution in [0, 0.1) is 6.92 Å². The molecule has 0 fully saturated rings. The van der Waals surface area contributed by atoms with Crippen molar-refractivity contribution in [2.24, 2.45) is 0 Å². The van der Waals surface area contributed by atoms with Crippen LogP contribution < -0.4 is 10.1 Å². The van der Waals surface area contributed by atoms with Gasteiger partial charge in [0, 0.05) is 11.9 Å². The summed E-state index contributed by atoms with van der Waals surface area (Å²) in [6.07, 6.45) is 3.63. The molecule has 0 saturated heterocycles. The van der Waals surface area contributed by atoms with Crippen LogP contribution in [0.3, 0.4) is 0 Å². The molecule has 2 heterocycles. The third kappa shape index (κ3) is 4.77. The van der Waals surface area contributed by atoms with Crippen molar-refractivity contribution in [2.45, 2.75) is 20.1 Å². The fourth-order valence-electron chi connectivity index (χ4n) is 2.96. The zero-order valence-corrected chi connectivity index (χ0v) is 17.8. The van der Waals surface area contributed by atoms with Gasteiger partial charge in [-0.2, -0.15) is 5.10 Å². The summed E-state index contributed by atoms with van der Waals surface area (Å²) in [4.78, 5) is 12.8. The Morgan fingerprint density at radius 2 is 2.03 bits per heavy atom. The van der Waals surface area contributed by atoms with Gasteiger partial charge in [0.05, 0.1) is 22.8 Å². The largest absolute Gasteiger partial charge is 0.489 e. The lowest BCUT2D eigenvalue weighted by Crippen LogP contribution is -2.15. The number of hydrogen-bond donors (Lipinski definition) is 1. The van der Waals surface area contributed by atoms with Crippen molar-refractivity contribution in [1.29, 1.82) is 0 Å². The molecule has 0 spiro atoms. The summed E-state index contributed by atoms with van der Waals surface area (Å²) in [7, 11) is 0. The molecule has 4 aromatic rings. The first-order chi connectivity index (χ1) is 14.6. The van der Waals surface area contributed by atoms with E-state index in [1.54, 1.807) is 13.1 Å². The van der Waals surface area contributed by atoms with Crippen molar-refractivity contribution in [3.8, 4) is 5.75 Å². The molecular formula is C22H19BrN4O3. The standard InChI is InChI=1S/C22H19BrN4O3/c1-15-20(14-29-19-8-3-2-4-9-19)21(26-30-15)22(28)25-18-7-5-6-16(10-18)12-27-13-17(23)11-24-27/h2-11,13H,12,14H2,1H3,(H,25,28). The van der Waals surface area contributed by atoms with Gasteiger partial charge in [0.25, 0.3) is 5.91 Å². The highest BCUT2D eigenvalue weighted by molar-refractivity contribution is 9.10. The van der Waals surface area contributed by atoms with Gasteiger partial charge in [0.2, 0.25) is 0 Å². The summed E-state index contributed by atoms with van der Waals surface area (Å²) in [5.74, 6) is 0.911. The van der Waals surface area contributed by atoms with Crippen molar-refractivity contribution in [3.63, 3.8) is 0 Å². The lowest BCUT2D eigenvalue weighted by molar-refractivity contribution is 0.101. The Kier molecular flexibility index (Phi) is 5.94. The molecule has 30 heavy (non-hydrogen) atoms. The summed E-state index contributed by atoms with van der Waals surface area (Å²) in [6.45, 7) is 2.54. The number of benzene rings is 2. The molecule has 0 saturated carbocycles. The van der Waals surface area contributed by atoms with Gasteiger partial charge < -0.3 is 14.6 Å². The normalized spacial score (nSPS) is 10.7. The monoisotopic (exact) mass is 466 g/mol. The predicted molar refractivity (Wildman–Crippen MR) is 115 cm³/mol. The molecule has 0 aliphatic carbocycles. The van der Waals surface area contributed by atoms with Crippen LogP contribution in [-0.4, -0.2) is 20.8 Å². The maximum atomic E-state index is 12.8. The molecule has 152 valence electrons. The second-order valence-electron chi connectivity index (χ2n) is 6.68. The van der Waals surface area contributed by atoms with Crippen LogP contribution in [0.25, 0.3) is 0 Å². The fourth-order valence-corrected chi connectivity index (χ4v) is 3.29. The van der Waals surface area contributed by atoms with Crippen molar-refractivity contribution >= 4 is 27.5 Å². The summed E-state index contributed by atoms with van der Waals surface area (Å²) < 4.78 is 13.7. The highest BCUT2D eigenvalue weighted by Crippen LogP contribution is 2.20. The van der Waals surface area contributed by atoms with E-state index in [0.717, 1.165) is 10.0 Å². The van der Waals surface area contributed by atoms with Crippen LogP contribution in [0.5, 0.6) is 5.75 Å². The Bertz CT molecular complexity index is 1150. The Morgan fingerprint density at radius 3 is 2.80 bits per heavy atom.